The van der Waals surface area contributed by atoms with E-state index in [2.05, 4.69) is 0 Å². The maximum atomic E-state index is 13.7. The fraction of sp³-hybridized carbons (Fsp3) is 0.200. The van der Waals surface area contributed by atoms with Crippen LogP contribution >= 0.6 is 11.6 Å². The lowest BCUT2D eigenvalue weighted by Crippen LogP contribution is -1.98. The molecule has 94 valence electrons. The minimum absolute atomic E-state index is 0.284. The van der Waals surface area contributed by atoms with Crippen molar-refractivity contribution >= 4 is 11.6 Å². The van der Waals surface area contributed by atoms with Crippen molar-refractivity contribution < 1.29 is 9.13 Å². The summed E-state index contributed by atoms with van der Waals surface area (Å²) in [5.74, 6) is 0.517. The van der Waals surface area contributed by atoms with Crippen molar-refractivity contribution in [3.8, 4) is 5.75 Å². The Morgan fingerprint density at radius 3 is 2.61 bits per heavy atom. The zero-order valence-corrected chi connectivity index (χ0v) is 10.9. The van der Waals surface area contributed by atoms with Gasteiger partial charge in [0.1, 0.15) is 11.6 Å². The van der Waals surface area contributed by atoms with E-state index in [9.17, 15) is 4.39 Å². The monoisotopic (exact) mass is 264 g/mol. The zero-order chi connectivity index (χ0) is 13.0. The second-order valence-corrected chi connectivity index (χ2v) is 4.39. The van der Waals surface area contributed by atoms with Crippen LogP contribution in [0.5, 0.6) is 5.75 Å². The molecule has 0 aliphatic carbocycles. The zero-order valence-electron chi connectivity index (χ0n) is 10.1. The highest BCUT2D eigenvalue weighted by atomic mass is 35.5. The van der Waals surface area contributed by atoms with Crippen molar-refractivity contribution in [2.24, 2.45) is 0 Å². The Balaban J connectivity index is 2.28. The summed E-state index contributed by atoms with van der Waals surface area (Å²) in [6.07, 6.45) is 0.499. The lowest BCUT2D eigenvalue weighted by Gasteiger charge is -2.10. The number of halogens is 2. The number of ether oxygens (including phenoxy) is 1. The van der Waals surface area contributed by atoms with Crippen molar-refractivity contribution in [3.63, 3.8) is 0 Å². The molecule has 18 heavy (non-hydrogen) atoms. The van der Waals surface area contributed by atoms with E-state index in [1.807, 2.05) is 31.2 Å². The van der Waals surface area contributed by atoms with E-state index in [-0.39, 0.29) is 5.82 Å². The molecule has 3 heteroatoms. The van der Waals surface area contributed by atoms with Crippen LogP contribution in [0.4, 0.5) is 4.39 Å². The van der Waals surface area contributed by atoms with E-state index < -0.39 is 0 Å². The van der Waals surface area contributed by atoms with Gasteiger partial charge in [0, 0.05) is 11.4 Å². The first-order valence-corrected chi connectivity index (χ1v) is 6.23. The quantitative estimate of drug-likeness (QED) is 0.792. The van der Waals surface area contributed by atoms with E-state index in [4.69, 9.17) is 16.3 Å². The first-order valence-electron chi connectivity index (χ1n) is 5.85. The molecule has 0 saturated carbocycles. The Kier molecular flexibility index (Phi) is 4.21. The fourth-order valence-corrected chi connectivity index (χ4v) is 1.98. The van der Waals surface area contributed by atoms with E-state index in [0.29, 0.717) is 23.6 Å². The summed E-state index contributed by atoms with van der Waals surface area (Å²) >= 11 is 5.74. The molecular weight excluding hydrogens is 251 g/mol. The van der Waals surface area contributed by atoms with Crippen LogP contribution in [0.3, 0.4) is 0 Å². The summed E-state index contributed by atoms with van der Waals surface area (Å²) < 4.78 is 19.3. The largest absolute Gasteiger partial charge is 0.494 e. The van der Waals surface area contributed by atoms with Gasteiger partial charge in [-0.1, -0.05) is 35.9 Å². The third kappa shape index (κ3) is 3.02. The predicted octanol–water partition coefficient (Wildman–Crippen LogP) is 4.47. The molecule has 0 bridgehead atoms. The molecule has 0 heterocycles. The Hall–Kier alpha value is -1.54. The van der Waals surface area contributed by atoms with Gasteiger partial charge in [0.05, 0.1) is 6.61 Å². The normalized spacial score (nSPS) is 10.4. The van der Waals surface area contributed by atoms with Crippen molar-refractivity contribution in [1.82, 2.24) is 0 Å². The predicted molar refractivity (Wildman–Crippen MR) is 71.8 cm³/mol. The van der Waals surface area contributed by atoms with Crippen LogP contribution in [-0.4, -0.2) is 6.61 Å². The van der Waals surface area contributed by atoms with Gasteiger partial charge in [0.2, 0.25) is 0 Å². The third-order valence-electron chi connectivity index (χ3n) is 2.67. The first-order chi connectivity index (χ1) is 8.70. The third-order valence-corrected chi connectivity index (χ3v) is 2.90. The molecule has 0 N–H and O–H groups in total. The van der Waals surface area contributed by atoms with E-state index in [0.717, 1.165) is 11.3 Å². The Morgan fingerprint density at radius 2 is 1.89 bits per heavy atom. The topological polar surface area (TPSA) is 9.23 Å². The Morgan fingerprint density at radius 1 is 1.11 bits per heavy atom. The molecule has 0 unspecified atom stereocenters. The van der Waals surface area contributed by atoms with Crippen molar-refractivity contribution in [2.45, 2.75) is 13.3 Å². The Labute approximate surface area is 111 Å². The lowest BCUT2D eigenvalue weighted by atomic mass is 10.0. The van der Waals surface area contributed by atoms with Gasteiger partial charge in [-0.2, -0.15) is 0 Å². The maximum Gasteiger partial charge on any atom is 0.128 e. The fourth-order valence-electron chi connectivity index (χ4n) is 1.82. The molecule has 0 fully saturated rings. The summed E-state index contributed by atoms with van der Waals surface area (Å²) in [5.41, 5.74) is 1.59. The highest BCUT2D eigenvalue weighted by molar-refractivity contribution is 6.30. The van der Waals surface area contributed by atoms with Crippen molar-refractivity contribution in [2.75, 3.05) is 6.61 Å². The molecule has 0 amide bonds. The number of rotatable bonds is 4. The number of hydrogen-bond donors (Lipinski definition) is 0. The van der Waals surface area contributed by atoms with Gasteiger partial charge in [0.15, 0.2) is 0 Å². The standard InChI is InChI=1S/C15H14ClFO/c1-2-18-15-6-4-3-5-12(15)9-11-7-8-13(16)10-14(11)17/h3-8,10H,2,9H2,1H3. The highest BCUT2D eigenvalue weighted by Crippen LogP contribution is 2.24. The molecule has 0 atom stereocenters. The van der Waals surface area contributed by atoms with Crippen LogP contribution in [0, 0.1) is 5.82 Å². The Bertz CT molecular complexity index is 540. The molecule has 0 spiro atoms. The maximum absolute atomic E-state index is 13.7. The SMILES string of the molecule is CCOc1ccccc1Cc1ccc(Cl)cc1F. The van der Waals surface area contributed by atoms with E-state index >= 15 is 0 Å². The van der Waals surface area contributed by atoms with Crippen LogP contribution in [-0.2, 0) is 6.42 Å². The van der Waals surface area contributed by atoms with Crippen LogP contribution in [0.25, 0.3) is 0 Å². The first kappa shape index (κ1) is 12.9. The number of benzene rings is 2. The molecule has 2 aromatic rings. The summed E-state index contributed by atoms with van der Waals surface area (Å²) in [4.78, 5) is 0. The second kappa shape index (κ2) is 5.87. The van der Waals surface area contributed by atoms with Gasteiger partial charge < -0.3 is 4.74 Å². The molecule has 0 aliphatic heterocycles. The highest BCUT2D eigenvalue weighted by Gasteiger charge is 2.08. The molecule has 0 radical (unpaired) electrons. The van der Waals surface area contributed by atoms with Crippen molar-refractivity contribution in [1.29, 1.82) is 0 Å². The summed E-state index contributed by atoms with van der Waals surface area (Å²) in [7, 11) is 0. The van der Waals surface area contributed by atoms with Crippen LogP contribution < -0.4 is 4.74 Å². The molecule has 0 aromatic heterocycles. The van der Waals surface area contributed by atoms with Crippen LogP contribution in [0.2, 0.25) is 5.02 Å². The smallest absolute Gasteiger partial charge is 0.128 e. The molecule has 2 rings (SSSR count). The molecule has 1 nitrogen and oxygen atoms in total. The average Bonchev–Trinajstić information content (AvgIpc) is 2.35. The van der Waals surface area contributed by atoms with Gasteiger partial charge in [0.25, 0.3) is 0 Å². The minimum Gasteiger partial charge on any atom is -0.494 e. The van der Waals surface area contributed by atoms with Gasteiger partial charge >= 0.3 is 0 Å². The van der Waals surface area contributed by atoms with Crippen molar-refractivity contribution in [3.05, 3.63) is 64.4 Å². The summed E-state index contributed by atoms with van der Waals surface area (Å²) in [6, 6.07) is 12.4. The van der Waals surface area contributed by atoms with Gasteiger partial charge in [-0.05, 0) is 36.2 Å². The van der Waals surface area contributed by atoms with Gasteiger partial charge in [-0.15, -0.1) is 0 Å². The number of para-hydroxylation sites is 1. The summed E-state index contributed by atoms with van der Waals surface area (Å²) in [5, 5.41) is 0.411. The van der Waals surface area contributed by atoms with Gasteiger partial charge in [-0.3, -0.25) is 0 Å². The van der Waals surface area contributed by atoms with Crippen LogP contribution in [0.1, 0.15) is 18.1 Å². The second-order valence-electron chi connectivity index (χ2n) is 3.95. The van der Waals surface area contributed by atoms with Gasteiger partial charge in [-0.25, -0.2) is 4.39 Å². The minimum atomic E-state index is -0.284. The van der Waals surface area contributed by atoms with E-state index in [1.165, 1.54) is 6.07 Å². The van der Waals surface area contributed by atoms with Crippen LogP contribution in [0.15, 0.2) is 42.5 Å². The summed E-state index contributed by atoms with van der Waals surface area (Å²) in [6.45, 7) is 2.53. The average molecular weight is 265 g/mol. The lowest BCUT2D eigenvalue weighted by molar-refractivity contribution is 0.337. The van der Waals surface area contributed by atoms with E-state index in [1.54, 1.807) is 12.1 Å². The number of hydrogen-bond acceptors (Lipinski definition) is 1. The molecular formula is C15H14ClFO. The molecule has 2 aromatic carbocycles. The molecule has 0 saturated heterocycles. The molecule has 0 aliphatic rings.